The smallest absolute Gasteiger partial charge is 0.250 e. The minimum atomic E-state index is -3.50. The minimum Gasteiger partial charge on any atom is -0.492 e. The second-order valence-corrected chi connectivity index (χ2v) is 11.6. The number of benzene rings is 2. The van der Waals surface area contributed by atoms with Gasteiger partial charge in [-0.25, -0.2) is 17.5 Å². The number of ether oxygens (including phenoxy) is 1. The topological polar surface area (TPSA) is 67.4 Å². The molecule has 3 aromatic rings. The molecule has 2 N–H and O–H groups in total. The Balaban J connectivity index is 0.00000274. The van der Waals surface area contributed by atoms with E-state index in [2.05, 4.69) is 22.2 Å². The van der Waals surface area contributed by atoms with Crippen molar-refractivity contribution in [2.75, 3.05) is 19.7 Å². The number of hydrogen-bond donors (Lipinski definition) is 2. The highest BCUT2D eigenvalue weighted by Gasteiger charge is 2.47. The maximum Gasteiger partial charge on any atom is 0.250 e. The lowest BCUT2D eigenvalue weighted by atomic mass is 9.58. The Labute approximate surface area is 210 Å². The number of sulfonamides is 1. The first-order chi connectivity index (χ1) is 16.0. The largest absolute Gasteiger partial charge is 0.492 e. The summed E-state index contributed by atoms with van der Waals surface area (Å²) in [5.74, 6) is 0.517. The van der Waals surface area contributed by atoms with Crippen LogP contribution in [0.4, 0.5) is 4.39 Å². The lowest BCUT2D eigenvalue weighted by Gasteiger charge is -2.50. The van der Waals surface area contributed by atoms with Gasteiger partial charge in [0.2, 0.25) is 10.0 Å². The highest BCUT2D eigenvalue weighted by Crippen LogP contribution is 2.53. The lowest BCUT2D eigenvalue weighted by Crippen LogP contribution is -2.49. The molecule has 1 aliphatic carbocycles. The van der Waals surface area contributed by atoms with Crippen LogP contribution in [-0.4, -0.2) is 28.1 Å². The van der Waals surface area contributed by atoms with Gasteiger partial charge in [-0.15, -0.1) is 23.7 Å². The molecule has 1 aromatic heterocycles. The quantitative estimate of drug-likeness (QED) is 0.410. The molecule has 5 rings (SSSR count). The van der Waals surface area contributed by atoms with Crippen molar-refractivity contribution in [3.8, 4) is 5.75 Å². The van der Waals surface area contributed by atoms with E-state index in [1.165, 1.54) is 28.5 Å². The third-order valence-corrected chi connectivity index (χ3v) is 9.65. The summed E-state index contributed by atoms with van der Waals surface area (Å²) in [5.41, 5.74) is 3.41. The van der Waals surface area contributed by atoms with Crippen LogP contribution in [-0.2, 0) is 21.9 Å². The van der Waals surface area contributed by atoms with Gasteiger partial charge in [0.25, 0.3) is 0 Å². The number of halogens is 2. The molecule has 1 unspecified atom stereocenters. The van der Waals surface area contributed by atoms with Crippen molar-refractivity contribution < 1.29 is 17.5 Å². The second-order valence-electron chi connectivity index (χ2n) is 8.70. The molecule has 1 aliphatic heterocycles. The Hall–Kier alpha value is -1.97. The SMILES string of the molecule is Cl.O=S(=O)(NCCOc1ccc2c(c1)C(C1(c3cccc(F)c3)CCC1)NCC2)c1cccs1. The number of thiophene rings is 1. The van der Waals surface area contributed by atoms with E-state index >= 15 is 0 Å². The van der Waals surface area contributed by atoms with Crippen LogP contribution in [0.25, 0.3) is 0 Å². The molecule has 182 valence electrons. The Bertz CT molecular complexity index is 1230. The predicted molar refractivity (Wildman–Crippen MR) is 135 cm³/mol. The van der Waals surface area contributed by atoms with E-state index in [9.17, 15) is 12.8 Å². The standard InChI is InChI=1S/C25H27FN2O3S2.ClH/c26-20-5-1-4-19(16-20)25(10-3-11-25)24-22-17-21(8-7-18(22)9-12-27-24)31-14-13-28-33(29,30)23-6-2-15-32-23;/h1-2,4-8,15-17,24,27-28H,3,9-14H2;1H. The van der Waals surface area contributed by atoms with E-state index in [4.69, 9.17) is 4.74 Å². The van der Waals surface area contributed by atoms with Gasteiger partial charge in [-0.3, -0.25) is 0 Å². The van der Waals surface area contributed by atoms with Crippen molar-refractivity contribution in [2.24, 2.45) is 0 Å². The average Bonchev–Trinajstić information content (AvgIpc) is 3.32. The van der Waals surface area contributed by atoms with Gasteiger partial charge in [-0.1, -0.05) is 30.7 Å². The van der Waals surface area contributed by atoms with Crippen LogP contribution < -0.4 is 14.8 Å². The van der Waals surface area contributed by atoms with Crippen LogP contribution >= 0.6 is 23.7 Å². The number of fused-ring (bicyclic) bond motifs is 1. The fourth-order valence-corrected chi connectivity index (χ4v) is 7.10. The van der Waals surface area contributed by atoms with Gasteiger partial charge in [-0.05, 0) is 78.2 Å². The first kappa shape index (κ1) is 25.1. The minimum absolute atomic E-state index is 0. The fourth-order valence-electron chi connectivity index (χ4n) is 5.05. The summed E-state index contributed by atoms with van der Waals surface area (Å²) < 4.78 is 47.3. The lowest BCUT2D eigenvalue weighted by molar-refractivity contribution is 0.164. The molecule has 0 bridgehead atoms. The van der Waals surface area contributed by atoms with Crippen LogP contribution in [0.5, 0.6) is 5.75 Å². The van der Waals surface area contributed by atoms with Gasteiger partial charge in [0.15, 0.2) is 0 Å². The Morgan fingerprint density at radius 1 is 1.15 bits per heavy atom. The highest BCUT2D eigenvalue weighted by atomic mass is 35.5. The third kappa shape index (κ3) is 4.88. The van der Waals surface area contributed by atoms with E-state index in [1.807, 2.05) is 12.1 Å². The van der Waals surface area contributed by atoms with E-state index in [0.717, 1.165) is 37.8 Å². The summed E-state index contributed by atoms with van der Waals surface area (Å²) in [4.78, 5) is 0. The van der Waals surface area contributed by atoms with Crippen molar-refractivity contribution in [3.63, 3.8) is 0 Å². The number of rotatable bonds is 8. The molecule has 1 fully saturated rings. The molecule has 0 spiro atoms. The molecule has 0 amide bonds. The molecule has 34 heavy (non-hydrogen) atoms. The van der Waals surface area contributed by atoms with Crippen molar-refractivity contribution >= 4 is 33.8 Å². The zero-order chi connectivity index (χ0) is 22.9. The Kier molecular flexibility index (Phi) is 7.64. The van der Waals surface area contributed by atoms with Crippen molar-refractivity contribution in [2.45, 2.75) is 41.3 Å². The zero-order valence-corrected chi connectivity index (χ0v) is 21.1. The van der Waals surface area contributed by atoms with Gasteiger partial charge in [0.05, 0.1) is 0 Å². The zero-order valence-electron chi connectivity index (χ0n) is 18.6. The summed E-state index contributed by atoms with van der Waals surface area (Å²) in [5, 5.41) is 5.43. The first-order valence-electron chi connectivity index (χ1n) is 11.3. The van der Waals surface area contributed by atoms with E-state index in [1.54, 1.807) is 29.6 Å². The molecule has 1 saturated carbocycles. The fraction of sp³-hybridized carbons (Fsp3) is 0.360. The average molecular weight is 523 g/mol. The molecule has 9 heteroatoms. The van der Waals surface area contributed by atoms with Crippen molar-refractivity contribution in [1.82, 2.24) is 10.0 Å². The molecule has 1 atom stereocenters. The van der Waals surface area contributed by atoms with Crippen LogP contribution in [0.2, 0.25) is 0 Å². The van der Waals surface area contributed by atoms with Crippen LogP contribution in [0, 0.1) is 5.82 Å². The predicted octanol–water partition coefficient (Wildman–Crippen LogP) is 4.98. The number of nitrogens with one attached hydrogen (secondary N) is 2. The maximum absolute atomic E-state index is 14.0. The van der Waals surface area contributed by atoms with Gasteiger partial charge in [0.1, 0.15) is 22.4 Å². The molecule has 2 aliphatic rings. The summed E-state index contributed by atoms with van der Waals surface area (Å²) in [7, 11) is -3.50. The summed E-state index contributed by atoms with van der Waals surface area (Å²) >= 11 is 1.19. The van der Waals surface area contributed by atoms with Gasteiger partial charge in [-0.2, -0.15) is 0 Å². The van der Waals surface area contributed by atoms with E-state index in [-0.39, 0.29) is 42.8 Å². The maximum atomic E-state index is 14.0. The second kappa shape index (κ2) is 10.3. The highest BCUT2D eigenvalue weighted by molar-refractivity contribution is 7.91. The van der Waals surface area contributed by atoms with Crippen molar-refractivity contribution in [3.05, 3.63) is 82.5 Å². The summed E-state index contributed by atoms with van der Waals surface area (Å²) in [6.07, 6.45) is 4.10. The summed E-state index contributed by atoms with van der Waals surface area (Å²) in [6, 6.07) is 16.5. The molecule has 0 saturated heterocycles. The number of hydrogen-bond acceptors (Lipinski definition) is 5. The van der Waals surface area contributed by atoms with Gasteiger partial charge in [0, 0.05) is 18.0 Å². The molecule has 2 heterocycles. The Morgan fingerprint density at radius 3 is 2.71 bits per heavy atom. The molecule has 2 aromatic carbocycles. The molecular formula is C25H28ClFN2O3S2. The molecule has 0 radical (unpaired) electrons. The first-order valence-corrected chi connectivity index (χ1v) is 13.6. The van der Waals surface area contributed by atoms with Crippen LogP contribution in [0.15, 0.2) is 64.2 Å². The van der Waals surface area contributed by atoms with Gasteiger partial charge >= 0.3 is 0 Å². The third-order valence-electron chi connectivity index (χ3n) is 6.79. The van der Waals surface area contributed by atoms with Crippen LogP contribution in [0.1, 0.15) is 42.0 Å². The van der Waals surface area contributed by atoms with Crippen LogP contribution in [0.3, 0.4) is 0 Å². The Morgan fingerprint density at radius 2 is 2.00 bits per heavy atom. The van der Waals surface area contributed by atoms with Crippen molar-refractivity contribution in [1.29, 1.82) is 0 Å². The van der Waals surface area contributed by atoms with E-state index < -0.39 is 10.0 Å². The normalized spacial score (nSPS) is 18.9. The van der Waals surface area contributed by atoms with Gasteiger partial charge < -0.3 is 10.1 Å². The monoisotopic (exact) mass is 522 g/mol. The molecule has 5 nitrogen and oxygen atoms in total. The molecular weight excluding hydrogens is 495 g/mol. The summed E-state index contributed by atoms with van der Waals surface area (Å²) in [6.45, 7) is 1.31. The van der Waals surface area contributed by atoms with E-state index in [0.29, 0.717) is 9.96 Å².